The molecule has 0 bridgehead atoms. The number of nitrogens with zero attached hydrogens (tertiary/aromatic N) is 3. The van der Waals surface area contributed by atoms with Crippen molar-refractivity contribution in [3.05, 3.63) is 29.8 Å². The van der Waals surface area contributed by atoms with Crippen LogP contribution in [0.25, 0.3) is 0 Å². The average molecular weight is 400 g/mol. The van der Waals surface area contributed by atoms with E-state index in [-0.39, 0.29) is 11.4 Å². The molecule has 2 aliphatic heterocycles. The first-order valence-corrected chi connectivity index (χ1v) is 11.1. The van der Waals surface area contributed by atoms with Crippen LogP contribution in [-0.2, 0) is 11.3 Å². The Labute approximate surface area is 175 Å². The Kier molecular flexibility index (Phi) is 7.53. The van der Waals surface area contributed by atoms with Crippen molar-refractivity contribution in [2.45, 2.75) is 64.5 Å². The Hall–Kier alpha value is -2.08. The Morgan fingerprint density at radius 2 is 1.69 bits per heavy atom. The molecule has 1 amide bonds. The summed E-state index contributed by atoms with van der Waals surface area (Å²) < 4.78 is 0. The largest absolute Gasteiger partial charge is 0.355 e. The molecule has 0 spiro atoms. The van der Waals surface area contributed by atoms with Crippen molar-refractivity contribution < 1.29 is 4.79 Å². The number of carbonyl (C=O) groups is 1. The lowest BCUT2D eigenvalue weighted by Gasteiger charge is -2.41. The summed E-state index contributed by atoms with van der Waals surface area (Å²) in [4.78, 5) is 20.9. The predicted molar refractivity (Wildman–Crippen MR) is 120 cm³/mol. The summed E-state index contributed by atoms with van der Waals surface area (Å²) >= 11 is 0. The molecular formula is C23H37N5O. The molecule has 1 aromatic rings. The van der Waals surface area contributed by atoms with E-state index in [0.717, 1.165) is 37.6 Å². The van der Waals surface area contributed by atoms with Crippen LogP contribution in [-0.4, -0.2) is 55.5 Å². The zero-order valence-corrected chi connectivity index (χ0v) is 18.3. The van der Waals surface area contributed by atoms with Gasteiger partial charge in [-0.2, -0.15) is 0 Å². The molecular weight excluding hydrogens is 362 g/mol. The maximum atomic E-state index is 12.1. The van der Waals surface area contributed by atoms with Crippen molar-refractivity contribution >= 4 is 17.6 Å². The molecule has 29 heavy (non-hydrogen) atoms. The minimum atomic E-state index is 0.112. The van der Waals surface area contributed by atoms with E-state index in [1.165, 1.54) is 37.9 Å². The van der Waals surface area contributed by atoms with Gasteiger partial charge < -0.3 is 15.5 Å². The van der Waals surface area contributed by atoms with E-state index in [0.29, 0.717) is 13.0 Å². The Balaban J connectivity index is 1.48. The molecule has 2 aliphatic rings. The number of likely N-dealkylation sites (tertiary alicyclic amines) is 1. The second-order valence-corrected chi connectivity index (χ2v) is 8.81. The van der Waals surface area contributed by atoms with Crippen LogP contribution in [0.15, 0.2) is 29.3 Å². The Bertz CT molecular complexity index is 692. The number of piperidine rings is 2. The van der Waals surface area contributed by atoms with Crippen molar-refractivity contribution in [1.82, 2.24) is 15.5 Å². The number of hydrogen-bond acceptors (Lipinski definition) is 3. The molecule has 3 rings (SSSR count). The van der Waals surface area contributed by atoms with Gasteiger partial charge in [0.25, 0.3) is 0 Å². The summed E-state index contributed by atoms with van der Waals surface area (Å²) in [7, 11) is 1.81. The van der Waals surface area contributed by atoms with Crippen LogP contribution >= 0.6 is 0 Å². The third-order valence-corrected chi connectivity index (χ3v) is 6.16. The van der Waals surface area contributed by atoms with Gasteiger partial charge >= 0.3 is 0 Å². The van der Waals surface area contributed by atoms with Crippen molar-refractivity contribution in [1.29, 1.82) is 0 Å². The third kappa shape index (κ3) is 5.95. The standard InChI is InChI=1S/C23H37N5O/c1-23(2,27-14-6-4-7-15-27)18-26-22(24-3)25-17-19-10-12-20(13-11-19)28-16-8-5-9-21(28)29/h10-13H,4-9,14-18H2,1-3H3,(H2,24,25,26). The maximum absolute atomic E-state index is 12.1. The monoisotopic (exact) mass is 399 g/mol. The number of amides is 1. The molecule has 160 valence electrons. The quantitative estimate of drug-likeness (QED) is 0.570. The SMILES string of the molecule is CN=C(NCc1ccc(N2CCCCC2=O)cc1)NCC(C)(C)N1CCCCC1. The normalized spacial score (nSPS) is 19.3. The minimum absolute atomic E-state index is 0.112. The summed E-state index contributed by atoms with van der Waals surface area (Å²) in [6.45, 7) is 9.39. The van der Waals surface area contributed by atoms with Gasteiger partial charge in [-0.15, -0.1) is 0 Å². The smallest absolute Gasteiger partial charge is 0.226 e. The fraction of sp³-hybridized carbons (Fsp3) is 0.652. The van der Waals surface area contributed by atoms with E-state index < -0.39 is 0 Å². The minimum Gasteiger partial charge on any atom is -0.355 e. The van der Waals surface area contributed by atoms with Crippen LogP contribution in [0.2, 0.25) is 0 Å². The van der Waals surface area contributed by atoms with E-state index in [4.69, 9.17) is 0 Å². The molecule has 6 nitrogen and oxygen atoms in total. The van der Waals surface area contributed by atoms with Crippen LogP contribution in [0.5, 0.6) is 0 Å². The van der Waals surface area contributed by atoms with E-state index in [1.54, 1.807) is 0 Å². The maximum Gasteiger partial charge on any atom is 0.226 e. The number of rotatable bonds is 6. The first kappa shape index (κ1) is 21.6. The number of guanidine groups is 1. The number of anilines is 1. The molecule has 0 aromatic heterocycles. The fourth-order valence-electron chi connectivity index (χ4n) is 4.19. The van der Waals surface area contributed by atoms with E-state index in [1.807, 2.05) is 11.9 Å². The highest BCUT2D eigenvalue weighted by Crippen LogP contribution is 2.21. The van der Waals surface area contributed by atoms with Crippen LogP contribution in [0.4, 0.5) is 5.69 Å². The molecule has 2 heterocycles. The number of aliphatic imine (C=N–C) groups is 1. The third-order valence-electron chi connectivity index (χ3n) is 6.16. The van der Waals surface area contributed by atoms with Crippen LogP contribution < -0.4 is 15.5 Å². The molecule has 0 radical (unpaired) electrons. The van der Waals surface area contributed by atoms with Gasteiger partial charge in [-0.3, -0.25) is 14.7 Å². The second kappa shape index (κ2) is 10.1. The molecule has 6 heteroatoms. The zero-order chi connectivity index (χ0) is 20.7. The van der Waals surface area contributed by atoms with Gasteiger partial charge in [0.1, 0.15) is 0 Å². The molecule has 0 aliphatic carbocycles. The number of hydrogen-bond donors (Lipinski definition) is 2. The number of benzene rings is 1. The molecule has 0 atom stereocenters. The topological polar surface area (TPSA) is 60.0 Å². The summed E-state index contributed by atoms with van der Waals surface area (Å²) in [5.41, 5.74) is 2.29. The van der Waals surface area contributed by atoms with Gasteiger partial charge in [0, 0.05) is 44.3 Å². The predicted octanol–water partition coefficient (Wildman–Crippen LogP) is 3.13. The van der Waals surface area contributed by atoms with Crippen molar-refractivity contribution in [2.75, 3.05) is 38.1 Å². The first-order valence-electron chi connectivity index (χ1n) is 11.1. The van der Waals surface area contributed by atoms with Crippen molar-refractivity contribution in [3.8, 4) is 0 Å². The summed E-state index contributed by atoms with van der Waals surface area (Å²) in [6, 6.07) is 8.29. The van der Waals surface area contributed by atoms with Crippen LogP contribution in [0.3, 0.4) is 0 Å². The lowest BCUT2D eigenvalue weighted by Crippen LogP contribution is -2.54. The van der Waals surface area contributed by atoms with Gasteiger partial charge in [0.15, 0.2) is 5.96 Å². The van der Waals surface area contributed by atoms with E-state index in [2.05, 4.69) is 58.6 Å². The van der Waals surface area contributed by atoms with E-state index >= 15 is 0 Å². The highest BCUT2D eigenvalue weighted by atomic mass is 16.2. The molecule has 0 unspecified atom stereocenters. The highest BCUT2D eigenvalue weighted by molar-refractivity contribution is 5.93. The molecule has 2 N–H and O–H groups in total. The van der Waals surface area contributed by atoms with Crippen LogP contribution in [0, 0.1) is 0 Å². The van der Waals surface area contributed by atoms with Crippen molar-refractivity contribution in [2.24, 2.45) is 4.99 Å². The first-order chi connectivity index (χ1) is 14.0. The van der Waals surface area contributed by atoms with Crippen LogP contribution in [0.1, 0.15) is 57.9 Å². The fourth-order valence-corrected chi connectivity index (χ4v) is 4.19. The van der Waals surface area contributed by atoms with E-state index in [9.17, 15) is 4.79 Å². The second-order valence-electron chi connectivity index (χ2n) is 8.81. The molecule has 2 fully saturated rings. The Morgan fingerprint density at radius 1 is 1.00 bits per heavy atom. The van der Waals surface area contributed by atoms with Gasteiger partial charge in [0.05, 0.1) is 0 Å². The van der Waals surface area contributed by atoms with Gasteiger partial charge in [-0.25, -0.2) is 0 Å². The van der Waals surface area contributed by atoms with Gasteiger partial charge in [-0.05, 0) is 70.3 Å². The average Bonchev–Trinajstić information content (AvgIpc) is 2.75. The van der Waals surface area contributed by atoms with Crippen molar-refractivity contribution in [3.63, 3.8) is 0 Å². The summed E-state index contributed by atoms with van der Waals surface area (Å²) in [5, 5.41) is 6.90. The zero-order valence-electron chi connectivity index (χ0n) is 18.3. The molecule has 0 saturated carbocycles. The molecule has 1 aromatic carbocycles. The number of nitrogens with one attached hydrogen (secondary N) is 2. The summed E-state index contributed by atoms with van der Waals surface area (Å²) in [5.74, 6) is 1.06. The highest BCUT2D eigenvalue weighted by Gasteiger charge is 2.27. The van der Waals surface area contributed by atoms with Gasteiger partial charge in [0.2, 0.25) is 5.91 Å². The summed E-state index contributed by atoms with van der Waals surface area (Å²) in [6.07, 6.45) is 6.72. The lowest BCUT2D eigenvalue weighted by atomic mass is 9.98. The molecule has 2 saturated heterocycles. The number of carbonyl (C=O) groups excluding carboxylic acids is 1. The van der Waals surface area contributed by atoms with Gasteiger partial charge in [-0.1, -0.05) is 18.6 Å². The Morgan fingerprint density at radius 3 is 2.34 bits per heavy atom. The lowest BCUT2D eigenvalue weighted by molar-refractivity contribution is -0.119.